The van der Waals surface area contributed by atoms with Crippen LogP contribution in [-0.2, 0) is 0 Å². The number of allylic oxidation sites excluding steroid dienone is 4. The summed E-state index contributed by atoms with van der Waals surface area (Å²) in [6, 6.07) is 68.0. The first kappa shape index (κ1) is 54.5. The summed E-state index contributed by atoms with van der Waals surface area (Å²) in [7, 11) is 0. The van der Waals surface area contributed by atoms with Crippen LogP contribution in [0.15, 0.2) is 275 Å². The number of carbonyl (C=O) groups excluding carboxylic acids is 4. The minimum atomic E-state index is -0.445. The third-order valence-electron chi connectivity index (χ3n) is 13.1. The zero-order valence-corrected chi connectivity index (χ0v) is 45.0. The molecule has 2 aliphatic rings. The largest absolute Gasteiger partial charge is 0.423 e. The smallest absolute Gasteiger partial charge is 0.343 e. The molecule has 406 valence electrons. The first-order valence-electron chi connectivity index (χ1n) is 26.9. The molecule has 2 heterocycles. The molecular formula is C72H50N4O8. The topological polar surface area (TPSA) is 155 Å². The van der Waals surface area contributed by atoms with E-state index in [1.54, 1.807) is 146 Å². The molecule has 12 nitrogen and oxygen atoms in total. The first-order valence-corrected chi connectivity index (χ1v) is 26.9. The van der Waals surface area contributed by atoms with Crippen LogP contribution in [0.1, 0.15) is 76.5 Å². The highest BCUT2D eigenvalue weighted by Gasteiger charge is 2.19. The van der Waals surface area contributed by atoms with Crippen molar-refractivity contribution in [3.05, 3.63) is 299 Å². The molecular weight excluding hydrogens is 1050 g/mol. The molecule has 9 aromatic rings. The van der Waals surface area contributed by atoms with E-state index in [4.69, 9.17) is 38.9 Å². The van der Waals surface area contributed by atoms with Crippen LogP contribution >= 0.6 is 0 Å². The average Bonchev–Trinajstić information content (AvgIpc) is 4.04. The van der Waals surface area contributed by atoms with Crippen LogP contribution in [-0.4, -0.2) is 46.7 Å². The van der Waals surface area contributed by atoms with E-state index in [1.165, 1.54) is 0 Å². The van der Waals surface area contributed by atoms with Crippen molar-refractivity contribution < 1.29 is 38.1 Å². The van der Waals surface area contributed by atoms with E-state index >= 15 is 0 Å². The van der Waals surface area contributed by atoms with Gasteiger partial charge in [0.2, 0.25) is 0 Å². The minimum absolute atomic E-state index is 0.356. The van der Waals surface area contributed by atoms with Gasteiger partial charge in [0.1, 0.15) is 23.0 Å². The molecule has 0 radical (unpaired) electrons. The molecule has 9 aromatic carbocycles. The lowest BCUT2D eigenvalue weighted by Crippen LogP contribution is -2.07. The van der Waals surface area contributed by atoms with Gasteiger partial charge in [-0.25, -0.2) is 19.2 Å². The summed E-state index contributed by atoms with van der Waals surface area (Å²) in [6.45, 7) is 0. The van der Waals surface area contributed by atoms with Gasteiger partial charge in [0, 0.05) is 35.7 Å². The number of benzene rings is 9. The van der Waals surface area contributed by atoms with Crippen LogP contribution in [0.2, 0.25) is 0 Å². The number of ether oxygens (including phenoxy) is 4. The van der Waals surface area contributed by atoms with E-state index in [0.29, 0.717) is 104 Å². The summed E-state index contributed by atoms with van der Waals surface area (Å²) >= 11 is 0. The Labute approximate surface area is 484 Å². The molecule has 2 aliphatic heterocycles. The van der Waals surface area contributed by atoms with Gasteiger partial charge in [-0.1, -0.05) is 146 Å². The highest BCUT2D eigenvalue weighted by Crippen LogP contribution is 2.43. The Morgan fingerprint density at radius 2 is 0.464 bits per heavy atom. The molecule has 0 saturated carbocycles. The Morgan fingerprint density at radius 3 is 0.667 bits per heavy atom. The summed E-state index contributed by atoms with van der Waals surface area (Å²) in [6.07, 6.45) is 16.3. The molecule has 0 N–H and O–H groups in total. The molecule has 11 rings (SSSR count). The van der Waals surface area contributed by atoms with E-state index < -0.39 is 23.9 Å². The van der Waals surface area contributed by atoms with Gasteiger partial charge >= 0.3 is 23.9 Å². The average molecular weight is 1100 g/mol. The van der Waals surface area contributed by atoms with Crippen LogP contribution in [0.3, 0.4) is 0 Å². The number of fused-ring (bicyclic) bond motifs is 2. The number of rotatable bonds is 16. The third-order valence-corrected chi connectivity index (χ3v) is 13.1. The van der Waals surface area contributed by atoms with Crippen LogP contribution < -0.4 is 18.9 Å². The standard InChI is InChI=1S/C72H50N4O8/c77-69(53-13-5-1-6-14-53)81-61-37-25-49(26-38-61)21-33-57-45-58(34-22-50-27-39-62(40-28-50)82-70(78)54-15-7-2-8-16-54)74-66-48-68-67(47-65(66)73-57)75-59(35-23-51-29-41-63(42-30-51)83-71(79)55-17-9-3-10-18-55)46-60(76-68)36-24-52-31-43-64(44-32-52)84-72(80)56-19-11-4-12-20-56/h1-44,47-48H,45-46H2/b33-21+,34-22+,35-23+,36-24+. The Balaban J connectivity index is 0.905. The van der Waals surface area contributed by atoms with E-state index in [0.717, 1.165) is 22.3 Å². The first-order chi connectivity index (χ1) is 41.2. The van der Waals surface area contributed by atoms with Gasteiger partial charge in [0.05, 0.1) is 45.0 Å². The Bertz CT molecular complexity index is 3600. The van der Waals surface area contributed by atoms with Crippen LogP contribution in [0, 0.1) is 0 Å². The number of esters is 4. The van der Waals surface area contributed by atoms with Crippen LogP contribution in [0.25, 0.3) is 24.3 Å². The van der Waals surface area contributed by atoms with Gasteiger partial charge in [-0.2, -0.15) is 0 Å². The number of nitrogens with zero attached hydrogens (tertiary/aromatic N) is 4. The molecule has 0 atom stereocenters. The van der Waals surface area contributed by atoms with Crippen molar-refractivity contribution in [3.63, 3.8) is 0 Å². The molecule has 0 aromatic heterocycles. The number of hydrogen-bond donors (Lipinski definition) is 0. The number of hydrogen-bond acceptors (Lipinski definition) is 12. The van der Waals surface area contributed by atoms with Crippen molar-refractivity contribution in [2.45, 2.75) is 12.8 Å². The van der Waals surface area contributed by atoms with Gasteiger partial charge in [-0.3, -0.25) is 20.0 Å². The molecule has 0 saturated heterocycles. The van der Waals surface area contributed by atoms with Crippen molar-refractivity contribution in [3.8, 4) is 23.0 Å². The predicted octanol–water partition coefficient (Wildman–Crippen LogP) is 16.5. The van der Waals surface area contributed by atoms with Gasteiger partial charge in [0.15, 0.2) is 0 Å². The second kappa shape index (κ2) is 26.2. The van der Waals surface area contributed by atoms with Crippen molar-refractivity contribution >= 4 is 93.8 Å². The third kappa shape index (κ3) is 14.6. The van der Waals surface area contributed by atoms with Gasteiger partial charge in [-0.15, -0.1) is 0 Å². The predicted molar refractivity (Wildman–Crippen MR) is 332 cm³/mol. The lowest BCUT2D eigenvalue weighted by molar-refractivity contribution is 0.0725. The van der Waals surface area contributed by atoms with E-state index in [9.17, 15) is 19.2 Å². The maximum Gasteiger partial charge on any atom is 0.343 e. The normalized spacial score (nSPS) is 13.0. The zero-order valence-electron chi connectivity index (χ0n) is 45.0. The van der Waals surface area contributed by atoms with E-state index in [2.05, 4.69) is 0 Å². The lowest BCUT2D eigenvalue weighted by Gasteiger charge is -2.06. The fourth-order valence-electron chi connectivity index (χ4n) is 8.76. The summed E-state index contributed by atoms with van der Waals surface area (Å²) < 4.78 is 22.5. The Morgan fingerprint density at radius 1 is 0.262 bits per heavy atom. The quantitative estimate of drug-likeness (QED) is 0.0684. The van der Waals surface area contributed by atoms with Crippen molar-refractivity contribution in [1.82, 2.24) is 0 Å². The second-order valence-corrected chi connectivity index (χ2v) is 19.2. The van der Waals surface area contributed by atoms with Crippen LogP contribution in [0.4, 0.5) is 22.7 Å². The monoisotopic (exact) mass is 1100 g/mol. The van der Waals surface area contributed by atoms with E-state index in [-0.39, 0.29) is 0 Å². The van der Waals surface area contributed by atoms with Crippen molar-refractivity contribution in [1.29, 1.82) is 0 Å². The zero-order chi connectivity index (χ0) is 57.5. The molecule has 84 heavy (non-hydrogen) atoms. The maximum absolute atomic E-state index is 12.8. The number of carbonyl (C=O) groups is 4. The van der Waals surface area contributed by atoms with Gasteiger partial charge in [0.25, 0.3) is 0 Å². The van der Waals surface area contributed by atoms with Crippen LogP contribution in [0.5, 0.6) is 23.0 Å². The van der Waals surface area contributed by atoms with E-state index in [1.807, 2.05) is 134 Å². The fourth-order valence-corrected chi connectivity index (χ4v) is 8.76. The van der Waals surface area contributed by atoms with Gasteiger partial charge < -0.3 is 18.9 Å². The summed E-state index contributed by atoms with van der Waals surface area (Å²) in [4.78, 5) is 71.9. The summed E-state index contributed by atoms with van der Waals surface area (Å²) in [5.74, 6) is -0.123. The second-order valence-electron chi connectivity index (χ2n) is 19.2. The number of aliphatic imine (C=N–C) groups is 4. The maximum atomic E-state index is 12.8. The molecule has 0 unspecified atom stereocenters. The SMILES string of the molecule is O=C(Oc1ccc(/C=C/C2=Nc3cc4c(cc3N=C(/C=C/c3ccc(OC(=O)c5ccccc5)cc3)C2)N=C(/C=C/c2ccc(OC(=O)c3ccccc3)cc2)CC(/C=C/c2ccc(OC(=O)c3ccccc3)cc2)=N4)cc1)c1ccccc1. The van der Waals surface area contributed by atoms with Gasteiger partial charge in [-0.05, 0) is 156 Å². The summed E-state index contributed by atoms with van der Waals surface area (Å²) in [5, 5.41) is 0. The Hall–Kier alpha value is -11.5. The molecule has 12 heteroatoms. The lowest BCUT2D eigenvalue weighted by atomic mass is 10.1. The molecule has 0 amide bonds. The highest BCUT2D eigenvalue weighted by molar-refractivity contribution is 6.20. The van der Waals surface area contributed by atoms with Crippen molar-refractivity contribution in [2.75, 3.05) is 0 Å². The van der Waals surface area contributed by atoms with Crippen molar-refractivity contribution in [2.24, 2.45) is 20.0 Å². The molecule has 0 fully saturated rings. The molecule has 0 bridgehead atoms. The summed E-state index contributed by atoms with van der Waals surface area (Å²) in [5.41, 5.74) is 10.4. The fraction of sp³-hybridized carbons (Fsp3) is 0.0278. The molecule has 0 aliphatic carbocycles. The Kier molecular flexibility index (Phi) is 17.0. The molecule has 0 spiro atoms. The highest BCUT2D eigenvalue weighted by atomic mass is 16.5. The minimum Gasteiger partial charge on any atom is -0.423 e.